The van der Waals surface area contributed by atoms with Crippen LogP contribution in [0, 0.1) is 17.9 Å². The molecular weight excluding hydrogens is 767 g/mol. The predicted molar refractivity (Wildman–Crippen MR) is 199 cm³/mol. The van der Waals surface area contributed by atoms with Crippen LogP contribution in [0.3, 0.4) is 0 Å². The van der Waals surface area contributed by atoms with Crippen LogP contribution in [0.1, 0.15) is 97.0 Å². The molecule has 1 aliphatic rings. The van der Waals surface area contributed by atoms with Crippen LogP contribution in [0.15, 0.2) is 103 Å². The summed E-state index contributed by atoms with van der Waals surface area (Å²) in [5.41, 5.74) is 7.04. The van der Waals surface area contributed by atoms with Crippen molar-refractivity contribution in [3.05, 3.63) is 114 Å². The minimum Gasteiger partial charge on any atom is -0.512 e. The zero-order chi connectivity index (χ0) is 33.2. The van der Waals surface area contributed by atoms with Gasteiger partial charge in [0.05, 0.1) is 11.3 Å². The molecule has 6 rings (SSSR count). The van der Waals surface area contributed by atoms with Crippen molar-refractivity contribution >= 4 is 27.5 Å². The number of allylic oxidation sites excluding steroid dienone is 2. The Balaban J connectivity index is 0.000000279. The Labute approximate surface area is 301 Å². The van der Waals surface area contributed by atoms with Crippen molar-refractivity contribution in [3.8, 4) is 22.4 Å². The molecule has 4 heteroatoms. The van der Waals surface area contributed by atoms with Gasteiger partial charge in [-0.05, 0) is 67.0 Å². The molecular formula is C44H50IrNO2-. The van der Waals surface area contributed by atoms with E-state index in [1.807, 2.05) is 33.8 Å². The maximum atomic E-state index is 11.7. The summed E-state index contributed by atoms with van der Waals surface area (Å²) in [6.07, 6.45) is 11.7. The summed E-state index contributed by atoms with van der Waals surface area (Å²) in [5, 5.41) is 13.3. The Morgan fingerprint density at radius 3 is 2.15 bits per heavy atom. The molecule has 0 unspecified atom stereocenters. The second-order valence-corrected chi connectivity index (χ2v) is 13.0. The fraction of sp³-hybridized carbons (Fsp3) is 0.364. The van der Waals surface area contributed by atoms with E-state index >= 15 is 0 Å². The van der Waals surface area contributed by atoms with Gasteiger partial charge in [0.1, 0.15) is 0 Å². The van der Waals surface area contributed by atoms with Gasteiger partial charge >= 0.3 is 0 Å². The molecule has 1 radical (unpaired) electrons. The first-order chi connectivity index (χ1) is 22.9. The third kappa shape index (κ3) is 9.10. The van der Waals surface area contributed by atoms with E-state index in [2.05, 4.69) is 91.0 Å². The number of hydrogen-bond donors (Lipinski definition) is 1. The second kappa shape index (κ2) is 18.2. The van der Waals surface area contributed by atoms with Crippen LogP contribution < -0.4 is 0 Å². The van der Waals surface area contributed by atoms with E-state index in [4.69, 9.17) is 4.98 Å². The van der Waals surface area contributed by atoms with Crippen LogP contribution in [0.25, 0.3) is 44.1 Å². The van der Waals surface area contributed by atoms with Gasteiger partial charge < -0.3 is 5.11 Å². The number of carbonyl (C=O) groups is 1. The first kappa shape index (κ1) is 37.2. The van der Waals surface area contributed by atoms with E-state index in [-0.39, 0.29) is 43.5 Å². The van der Waals surface area contributed by atoms with Gasteiger partial charge in [-0.25, -0.2) is 0 Å². The topological polar surface area (TPSA) is 50.2 Å². The predicted octanol–water partition coefficient (Wildman–Crippen LogP) is 12.4. The number of aliphatic hydroxyl groups excluding tert-OH is 1. The molecule has 1 N–H and O–H groups in total. The molecule has 253 valence electrons. The summed E-state index contributed by atoms with van der Waals surface area (Å²) in [6.45, 7) is 8.07. The zero-order valence-electron chi connectivity index (χ0n) is 29.0. The number of nitrogens with zero attached hydrogens (tertiary/aromatic N) is 1. The van der Waals surface area contributed by atoms with Gasteiger partial charge in [0, 0.05) is 43.7 Å². The standard InChI is InChI=1S/C31H26N.C13H24O2.Ir/c1-2-8-22(9-3-1)23-14-16-24(17-15-23)29-21-27(20-26-11-4-6-12-28(26)29)31-19-18-25-10-5-7-13-30(25)32-31;1-5-10(6-2)12(14)9-13(15)11(7-3)8-4;/h4-7,10-19,21-22H,1-3,8-9H2;9-11,14H,5-8H2,1-4H3;/q-1;;/b;12-9-;. The van der Waals surface area contributed by atoms with Gasteiger partial charge in [0.15, 0.2) is 5.78 Å². The minimum atomic E-state index is 0. The summed E-state index contributed by atoms with van der Waals surface area (Å²) in [7, 11) is 0. The van der Waals surface area contributed by atoms with Gasteiger partial charge in [-0.3, -0.25) is 9.78 Å². The summed E-state index contributed by atoms with van der Waals surface area (Å²) >= 11 is 0. The molecule has 1 aliphatic carbocycles. The van der Waals surface area contributed by atoms with Crippen LogP contribution in [0.5, 0.6) is 0 Å². The van der Waals surface area contributed by atoms with Gasteiger partial charge in [0.2, 0.25) is 0 Å². The van der Waals surface area contributed by atoms with Crippen LogP contribution >= 0.6 is 0 Å². The number of benzene rings is 4. The number of pyridine rings is 1. The summed E-state index contributed by atoms with van der Waals surface area (Å²) in [6, 6.07) is 36.3. The molecule has 0 spiro atoms. The maximum absolute atomic E-state index is 11.7. The van der Waals surface area contributed by atoms with Crippen molar-refractivity contribution in [2.24, 2.45) is 11.8 Å². The number of aromatic nitrogens is 1. The normalized spacial score (nSPS) is 13.8. The molecule has 0 saturated heterocycles. The number of aliphatic hydroxyl groups is 1. The molecule has 1 saturated carbocycles. The number of fused-ring (bicyclic) bond motifs is 2. The van der Waals surface area contributed by atoms with Crippen LogP contribution in [0.4, 0.5) is 0 Å². The van der Waals surface area contributed by atoms with Crippen LogP contribution in [-0.4, -0.2) is 15.9 Å². The minimum absolute atomic E-state index is 0. The first-order valence-corrected chi connectivity index (χ1v) is 17.8. The molecule has 0 aliphatic heterocycles. The van der Waals surface area contributed by atoms with Gasteiger partial charge in [-0.15, -0.1) is 23.6 Å². The first-order valence-electron chi connectivity index (χ1n) is 17.8. The van der Waals surface area contributed by atoms with Crippen LogP contribution in [-0.2, 0) is 24.9 Å². The quantitative estimate of drug-likeness (QED) is 0.0868. The molecule has 0 bridgehead atoms. The average molecular weight is 817 g/mol. The monoisotopic (exact) mass is 817 g/mol. The Morgan fingerprint density at radius 1 is 0.812 bits per heavy atom. The van der Waals surface area contributed by atoms with Crippen molar-refractivity contribution in [1.82, 2.24) is 4.98 Å². The third-order valence-electron chi connectivity index (χ3n) is 10.0. The van der Waals surface area contributed by atoms with Gasteiger partial charge in [-0.2, -0.15) is 0 Å². The van der Waals surface area contributed by atoms with Crippen molar-refractivity contribution < 1.29 is 30.0 Å². The molecule has 0 atom stereocenters. The number of ketones is 1. The molecule has 0 amide bonds. The van der Waals surface area contributed by atoms with E-state index in [0.29, 0.717) is 0 Å². The summed E-state index contributed by atoms with van der Waals surface area (Å²) in [4.78, 5) is 16.6. The smallest absolute Gasteiger partial charge is 0.162 e. The molecule has 1 aromatic heterocycles. The van der Waals surface area contributed by atoms with E-state index in [1.54, 1.807) is 0 Å². The molecule has 5 aromatic rings. The Morgan fingerprint density at radius 2 is 1.46 bits per heavy atom. The zero-order valence-corrected chi connectivity index (χ0v) is 31.4. The SMILES string of the molecule is CCC(CC)C(=O)/C=C(\O)C(CC)CC.[Ir].[c-]1c(-c2ccc3ccccc3n2)cc(-c2ccc(C3CCCCC3)cc2)c2ccccc12. The van der Waals surface area contributed by atoms with Crippen LogP contribution in [0.2, 0.25) is 0 Å². The summed E-state index contributed by atoms with van der Waals surface area (Å²) in [5.74, 6) is 1.28. The Hall–Kier alpha value is -3.59. The number of rotatable bonds is 10. The third-order valence-corrected chi connectivity index (χ3v) is 10.0. The van der Waals surface area contributed by atoms with E-state index in [9.17, 15) is 9.90 Å². The van der Waals surface area contributed by atoms with E-state index in [1.165, 1.54) is 60.3 Å². The number of carbonyl (C=O) groups excluding carboxylic acids is 1. The average Bonchev–Trinajstić information content (AvgIpc) is 3.12. The summed E-state index contributed by atoms with van der Waals surface area (Å²) < 4.78 is 0. The molecule has 1 fully saturated rings. The molecule has 48 heavy (non-hydrogen) atoms. The number of para-hydroxylation sites is 1. The fourth-order valence-corrected chi connectivity index (χ4v) is 6.97. The fourth-order valence-electron chi connectivity index (χ4n) is 6.97. The Bertz CT molecular complexity index is 1790. The largest absolute Gasteiger partial charge is 0.512 e. The molecule has 3 nitrogen and oxygen atoms in total. The van der Waals surface area contributed by atoms with Gasteiger partial charge in [-0.1, -0.05) is 136 Å². The van der Waals surface area contributed by atoms with Crippen molar-refractivity contribution in [3.63, 3.8) is 0 Å². The Kier molecular flexibility index (Phi) is 14.2. The van der Waals surface area contributed by atoms with E-state index in [0.717, 1.165) is 59.1 Å². The van der Waals surface area contributed by atoms with E-state index < -0.39 is 0 Å². The van der Waals surface area contributed by atoms with Gasteiger partial charge in [0.25, 0.3) is 0 Å². The molecule has 1 heterocycles. The van der Waals surface area contributed by atoms with Crippen molar-refractivity contribution in [1.29, 1.82) is 0 Å². The maximum Gasteiger partial charge on any atom is 0.162 e. The number of hydrogen-bond acceptors (Lipinski definition) is 3. The van der Waals surface area contributed by atoms with Crippen molar-refractivity contribution in [2.45, 2.75) is 91.4 Å². The van der Waals surface area contributed by atoms with Crippen molar-refractivity contribution in [2.75, 3.05) is 0 Å². The molecule has 4 aromatic carbocycles. The second-order valence-electron chi connectivity index (χ2n) is 13.0.